The van der Waals surface area contributed by atoms with E-state index in [4.69, 9.17) is 10.5 Å². The minimum absolute atomic E-state index is 0. The summed E-state index contributed by atoms with van der Waals surface area (Å²) in [6.45, 7) is 4.60. The van der Waals surface area contributed by atoms with Gasteiger partial charge < -0.3 is 26.4 Å². The molecule has 0 saturated heterocycles. The van der Waals surface area contributed by atoms with Crippen LogP contribution in [0.4, 0.5) is 0 Å². The molecule has 0 fully saturated rings. The van der Waals surface area contributed by atoms with Crippen LogP contribution >= 0.6 is 24.0 Å². The lowest BCUT2D eigenvalue weighted by Gasteiger charge is -2.12. The number of aliphatic imine (C=N–C) groups is 1. The highest BCUT2D eigenvalue weighted by molar-refractivity contribution is 14.0. The van der Waals surface area contributed by atoms with Gasteiger partial charge in [0.1, 0.15) is 0 Å². The van der Waals surface area contributed by atoms with Crippen molar-refractivity contribution < 1.29 is 14.3 Å². The third-order valence-corrected chi connectivity index (χ3v) is 3.28. The third kappa shape index (κ3) is 10.2. The number of amides is 2. The van der Waals surface area contributed by atoms with Gasteiger partial charge in [0.25, 0.3) is 5.91 Å². The Labute approximate surface area is 171 Å². The van der Waals surface area contributed by atoms with Crippen LogP contribution in [0.25, 0.3) is 0 Å². The van der Waals surface area contributed by atoms with E-state index in [1.54, 1.807) is 19.2 Å². The number of nitrogens with zero attached hydrogens (tertiary/aromatic N) is 1. The average Bonchev–Trinajstić information content (AvgIpc) is 2.62. The minimum atomic E-state index is -0.575. The fraction of sp³-hybridized carbons (Fsp3) is 0.471. The van der Waals surface area contributed by atoms with Crippen LogP contribution in [0.3, 0.4) is 0 Å². The number of rotatable bonds is 10. The lowest BCUT2D eigenvalue weighted by atomic mass is 10.1. The quantitative estimate of drug-likeness (QED) is 0.171. The molecule has 1 aromatic rings. The number of nitrogens with two attached hydrogens (primary N) is 1. The van der Waals surface area contributed by atoms with Gasteiger partial charge in [-0.25, -0.2) is 0 Å². The Morgan fingerprint density at radius 3 is 2.42 bits per heavy atom. The summed E-state index contributed by atoms with van der Waals surface area (Å²) in [6.07, 6.45) is 0.906. The van der Waals surface area contributed by atoms with E-state index in [9.17, 15) is 9.59 Å². The fourth-order valence-electron chi connectivity index (χ4n) is 1.98. The first kappa shape index (κ1) is 24.1. The molecule has 9 heteroatoms. The zero-order valence-electron chi connectivity index (χ0n) is 15.2. The second-order valence-electron chi connectivity index (χ2n) is 5.25. The van der Waals surface area contributed by atoms with Gasteiger partial charge in [0, 0.05) is 38.9 Å². The molecule has 0 radical (unpaired) electrons. The Hall–Kier alpha value is -1.88. The highest BCUT2D eigenvalue weighted by Gasteiger charge is 2.06. The number of ether oxygens (including phenoxy) is 1. The van der Waals surface area contributed by atoms with Crippen molar-refractivity contribution in [2.24, 2.45) is 10.7 Å². The van der Waals surface area contributed by atoms with Gasteiger partial charge in [-0.1, -0.05) is 12.1 Å². The summed E-state index contributed by atoms with van der Waals surface area (Å²) in [6, 6.07) is 7.08. The Morgan fingerprint density at radius 1 is 1.15 bits per heavy atom. The third-order valence-electron chi connectivity index (χ3n) is 3.28. The molecular weight excluding hydrogens is 449 g/mol. The van der Waals surface area contributed by atoms with Crippen molar-refractivity contribution in [2.45, 2.75) is 19.9 Å². The van der Waals surface area contributed by atoms with Crippen molar-refractivity contribution in [3.63, 3.8) is 0 Å². The average molecular weight is 477 g/mol. The van der Waals surface area contributed by atoms with E-state index in [0.717, 1.165) is 31.7 Å². The summed E-state index contributed by atoms with van der Waals surface area (Å²) >= 11 is 0. The zero-order chi connectivity index (χ0) is 18.5. The number of carbonyl (C=O) groups is 2. The molecule has 2 amide bonds. The summed E-state index contributed by atoms with van der Waals surface area (Å²) < 4.78 is 5.28. The minimum Gasteiger partial charge on any atom is -0.382 e. The van der Waals surface area contributed by atoms with E-state index in [1.165, 1.54) is 0 Å². The number of nitrogens with one attached hydrogen (secondary N) is 3. The molecule has 0 atom stereocenters. The second-order valence-corrected chi connectivity index (χ2v) is 5.25. The highest BCUT2D eigenvalue weighted by Crippen LogP contribution is 2.04. The molecule has 0 aliphatic carbocycles. The van der Waals surface area contributed by atoms with E-state index in [0.29, 0.717) is 18.1 Å². The maximum absolute atomic E-state index is 11.8. The Kier molecular flexibility index (Phi) is 13.3. The van der Waals surface area contributed by atoms with Crippen LogP contribution in [0, 0.1) is 0 Å². The van der Waals surface area contributed by atoms with Crippen LogP contribution in [-0.4, -0.2) is 51.1 Å². The van der Waals surface area contributed by atoms with Gasteiger partial charge in [-0.15, -0.1) is 24.0 Å². The van der Waals surface area contributed by atoms with Crippen molar-refractivity contribution in [3.8, 4) is 0 Å². The van der Waals surface area contributed by atoms with Gasteiger partial charge in [0.2, 0.25) is 5.91 Å². The smallest absolute Gasteiger partial charge is 0.251 e. The number of hydrogen-bond acceptors (Lipinski definition) is 4. The first-order valence-corrected chi connectivity index (χ1v) is 8.24. The molecule has 0 heterocycles. The predicted molar refractivity (Wildman–Crippen MR) is 113 cm³/mol. The number of carbonyl (C=O) groups excluding carboxylic acids is 2. The van der Waals surface area contributed by atoms with Crippen LogP contribution in [-0.2, 0) is 16.1 Å². The van der Waals surface area contributed by atoms with Crippen LogP contribution in [0.5, 0.6) is 0 Å². The molecule has 0 saturated carbocycles. The monoisotopic (exact) mass is 477 g/mol. The number of guanidine groups is 1. The molecule has 5 N–H and O–H groups in total. The molecule has 0 bridgehead atoms. The van der Waals surface area contributed by atoms with E-state index in [2.05, 4.69) is 20.9 Å². The molecule has 1 aromatic carbocycles. The van der Waals surface area contributed by atoms with Crippen LogP contribution in [0.15, 0.2) is 29.3 Å². The van der Waals surface area contributed by atoms with Gasteiger partial charge in [-0.05, 0) is 31.0 Å². The topological polar surface area (TPSA) is 118 Å². The normalized spacial score (nSPS) is 10.6. The van der Waals surface area contributed by atoms with E-state index in [-0.39, 0.29) is 36.4 Å². The standard InChI is InChI=1S/C17H27N5O3.HI/c1-3-25-10-4-9-20-17(19-2)22-11-13-5-7-14(8-6-13)16(24)21-12-15(18)23;/h5-8H,3-4,9-12H2,1-2H3,(H2,18,23)(H,21,24)(H2,19,20,22);1H. The molecule has 0 spiro atoms. The molecule has 146 valence electrons. The van der Waals surface area contributed by atoms with Crippen molar-refractivity contribution in [1.82, 2.24) is 16.0 Å². The van der Waals surface area contributed by atoms with E-state index >= 15 is 0 Å². The lowest BCUT2D eigenvalue weighted by Crippen LogP contribution is -2.37. The highest BCUT2D eigenvalue weighted by atomic mass is 127. The summed E-state index contributed by atoms with van der Waals surface area (Å²) in [7, 11) is 1.71. The largest absolute Gasteiger partial charge is 0.382 e. The molecule has 0 unspecified atom stereocenters. The molecule has 26 heavy (non-hydrogen) atoms. The summed E-state index contributed by atoms with van der Waals surface area (Å²) in [5, 5.41) is 8.85. The van der Waals surface area contributed by atoms with Crippen molar-refractivity contribution in [1.29, 1.82) is 0 Å². The second kappa shape index (κ2) is 14.3. The van der Waals surface area contributed by atoms with Crippen molar-refractivity contribution >= 4 is 41.8 Å². The van der Waals surface area contributed by atoms with Gasteiger partial charge in [-0.3, -0.25) is 14.6 Å². The SMILES string of the molecule is CCOCCCNC(=NC)NCc1ccc(C(=O)NCC(N)=O)cc1.I. The Morgan fingerprint density at radius 2 is 1.85 bits per heavy atom. The molecule has 1 rings (SSSR count). The molecule has 0 aromatic heterocycles. The number of primary amides is 1. The summed E-state index contributed by atoms with van der Waals surface area (Å²) in [5.41, 5.74) is 6.48. The molecule has 0 aliphatic heterocycles. The van der Waals surface area contributed by atoms with Crippen LogP contribution < -0.4 is 21.7 Å². The van der Waals surface area contributed by atoms with Gasteiger partial charge in [-0.2, -0.15) is 0 Å². The van der Waals surface area contributed by atoms with Gasteiger partial charge >= 0.3 is 0 Å². The van der Waals surface area contributed by atoms with Crippen molar-refractivity contribution in [2.75, 3.05) is 33.4 Å². The van der Waals surface area contributed by atoms with Gasteiger partial charge in [0.15, 0.2) is 5.96 Å². The first-order chi connectivity index (χ1) is 12.1. The first-order valence-electron chi connectivity index (χ1n) is 8.24. The molecule has 0 aliphatic rings. The van der Waals surface area contributed by atoms with E-state index in [1.807, 2.05) is 19.1 Å². The fourth-order valence-corrected chi connectivity index (χ4v) is 1.98. The Bertz CT molecular complexity index is 578. The van der Waals surface area contributed by atoms with Gasteiger partial charge in [0.05, 0.1) is 6.54 Å². The summed E-state index contributed by atoms with van der Waals surface area (Å²) in [5.74, 6) is -0.195. The number of benzene rings is 1. The number of hydrogen-bond donors (Lipinski definition) is 4. The summed E-state index contributed by atoms with van der Waals surface area (Å²) in [4.78, 5) is 26.6. The van der Waals surface area contributed by atoms with Crippen LogP contribution in [0.2, 0.25) is 0 Å². The Balaban J connectivity index is 0.00000625. The maximum Gasteiger partial charge on any atom is 0.251 e. The predicted octanol–water partition coefficient (Wildman–Crippen LogP) is 0.611. The van der Waals surface area contributed by atoms with E-state index < -0.39 is 5.91 Å². The van der Waals surface area contributed by atoms with Crippen LogP contribution in [0.1, 0.15) is 29.3 Å². The number of halogens is 1. The zero-order valence-corrected chi connectivity index (χ0v) is 17.5. The molecule has 8 nitrogen and oxygen atoms in total. The lowest BCUT2D eigenvalue weighted by molar-refractivity contribution is -0.117. The maximum atomic E-state index is 11.8. The molecular formula is C17H28IN5O3. The van der Waals surface area contributed by atoms with Crippen molar-refractivity contribution in [3.05, 3.63) is 35.4 Å².